The van der Waals surface area contributed by atoms with Crippen molar-refractivity contribution in [2.45, 2.75) is 40.5 Å². The SMILES string of the molecule is CCOc1ccc(NC(=O)N2CCN(c3cc(C)nc(C(C)C)n3)CC2)c(C)c1. The molecule has 0 radical (unpaired) electrons. The Balaban J connectivity index is 1.60. The van der Waals surface area contributed by atoms with Crippen molar-refractivity contribution in [3.8, 4) is 5.75 Å². The first-order valence-corrected chi connectivity index (χ1v) is 10.3. The van der Waals surface area contributed by atoms with Gasteiger partial charge >= 0.3 is 6.03 Å². The number of aryl methyl sites for hydroxylation is 2. The predicted octanol–water partition coefficient (Wildman–Crippen LogP) is 3.97. The number of anilines is 2. The number of hydrogen-bond donors (Lipinski definition) is 1. The first-order valence-electron chi connectivity index (χ1n) is 10.3. The van der Waals surface area contributed by atoms with Gasteiger partial charge in [-0.1, -0.05) is 13.8 Å². The van der Waals surface area contributed by atoms with E-state index in [-0.39, 0.29) is 11.9 Å². The van der Waals surface area contributed by atoms with Crippen molar-refractivity contribution < 1.29 is 9.53 Å². The molecule has 1 aromatic carbocycles. The lowest BCUT2D eigenvalue weighted by molar-refractivity contribution is 0.208. The molecule has 2 heterocycles. The molecule has 1 aliphatic rings. The van der Waals surface area contributed by atoms with E-state index in [1.54, 1.807) is 0 Å². The van der Waals surface area contributed by atoms with Crippen molar-refractivity contribution in [3.05, 3.63) is 41.3 Å². The number of carbonyl (C=O) groups is 1. The monoisotopic (exact) mass is 397 g/mol. The van der Waals surface area contributed by atoms with Gasteiger partial charge in [-0.2, -0.15) is 0 Å². The summed E-state index contributed by atoms with van der Waals surface area (Å²) in [6.45, 7) is 13.6. The van der Waals surface area contributed by atoms with Gasteiger partial charge in [-0.15, -0.1) is 0 Å². The summed E-state index contributed by atoms with van der Waals surface area (Å²) in [7, 11) is 0. The molecule has 0 spiro atoms. The van der Waals surface area contributed by atoms with Gasteiger partial charge in [0.05, 0.1) is 6.61 Å². The number of hydrogen-bond acceptors (Lipinski definition) is 5. The third-order valence-electron chi connectivity index (χ3n) is 5.02. The highest BCUT2D eigenvalue weighted by Gasteiger charge is 2.23. The van der Waals surface area contributed by atoms with E-state index in [0.29, 0.717) is 19.7 Å². The fraction of sp³-hybridized carbons (Fsp3) is 0.500. The number of urea groups is 1. The smallest absolute Gasteiger partial charge is 0.321 e. The molecule has 1 N–H and O–H groups in total. The van der Waals surface area contributed by atoms with Crippen molar-refractivity contribution >= 4 is 17.5 Å². The van der Waals surface area contributed by atoms with Crippen LogP contribution in [0.5, 0.6) is 5.75 Å². The fourth-order valence-corrected chi connectivity index (χ4v) is 3.36. The average Bonchev–Trinajstić information content (AvgIpc) is 2.70. The van der Waals surface area contributed by atoms with Gasteiger partial charge in [-0.3, -0.25) is 0 Å². The van der Waals surface area contributed by atoms with Crippen LogP contribution < -0.4 is 15.0 Å². The van der Waals surface area contributed by atoms with Gasteiger partial charge in [0, 0.05) is 49.5 Å². The summed E-state index contributed by atoms with van der Waals surface area (Å²) >= 11 is 0. The minimum absolute atomic E-state index is 0.0707. The summed E-state index contributed by atoms with van der Waals surface area (Å²) < 4.78 is 5.51. The largest absolute Gasteiger partial charge is 0.494 e. The molecule has 1 aromatic heterocycles. The van der Waals surface area contributed by atoms with Gasteiger partial charge in [0.2, 0.25) is 0 Å². The average molecular weight is 398 g/mol. The first kappa shape index (κ1) is 20.9. The van der Waals surface area contributed by atoms with Gasteiger partial charge in [-0.25, -0.2) is 14.8 Å². The Morgan fingerprint density at radius 3 is 2.48 bits per heavy atom. The Morgan fingerprint density at radius 1 is 1.14 bits per heavy atom. The molecule has 7 nitrogen and oxygen atoms in total. The molecule has 0 saturated carbocycles. The van der Waals surface area contributed by atoms with Crippen molar-refractivity contribution in [1.82, 2.24) is 14.9 Å². The molecule has 1 aliphatic heterocycles. The van der Waals surface area contributed by atoms with Gasteiger partial charge < -0.3 is 19.9 Å². The van der Waals surface area contributed by atoms with E-state index in [0.717, 1.165) is 47.4 Å². The number of nitrogens with zero attached hydrogens (tertiary/aromatic N) is 4. The molecule has 3 rings (SSSR count). The molecule has 0 bridgehead atoms. The molecule has 0 atom stereocenters. The van der Waals surface area contributed by atoms with E-state index in [1.807, 2.05) is 49.9 Å². The fourth-order valence-electron chi connectivity index (χ4n) is 3.36. The molecule has 0 aliphatic carbocycles. The maximum atomic E-state index is 12.7. The molecule has 1 fully saturated rings. The van der Waals surface area contributed by atoms with Crippen molar-refractivity contribution in [2.24, 2.45) is 0 Å². The zero-order chi connectivity index (χ0) is 21.0. The number of amides is 2. The van der Waals surface area contributed by atoms with Crippen LogP contribution in [-0.4, -0.2) is 53.7 Å². The van der Waals surface area contributed by atoms with Crippen molar-refractivity contribution in [2.75, 3.05) is 43.0 Å². The van der Waals surface area contributed by atoms with E-state index in [9.17, 15) is 4.79 Å². The number of aromatic nitrogens is 2. The minimum atomic E-state index is -0.0707. The Morgan fingerprint density at radius 2 is 1.86 bits per heavy atom. The second-order valence-electron chi connectivity index (χ2n) is 7.69. The first-order chi connectivity index (χ1) is 13.9. The normalized spacial score (nSPS) is 14.3. The van der Waals surface area contributed by atoms with Crippen LogP contribution in [-0.2, 0) is 0 Å². The molecule has 156 valence electrons. The van der Waals surface area contributed by atoms with Crippen molar-refractivity contribution in [1.29, 1.82) is 0 Å². The van der Waals surface area contributed by atoms with E-state index < -0.39 is 0 Å². The molecule has 2 amide bonds. The molecular weight excluding hydrogens is 366 g/mol. The third-order valence-corrected chi connectivity index (χ3v) is 5.02. The maximum Gasteiger partial charge on any atom is 0.321 e. The number of benzene rings is 1. The Labute approximate surface area is 173 Å². The lowest BCUT2D eigenvalue weighted by atomic mass is 10.2. The van der Waals surface area contributed by atoms with Crippen LogP contribution in [0.2, 0.25) is 0 Å². The molecule has 7 heteroatoms. The number of rotatable bonds is 5. The van der Waals surface area contributed by atoms with Crippen molar-refractivity contribution in [3.63, 3.8) is 0 Å². The number of nitrogens with one attached hydrogen (secondary N) is 1. The van der Waals surface area contributed by atoms with Crippen LogP contribution in [0.1, 0.15) is 43.8 Å². The van der Waals surface area contributed by atoms with Crippen LogP contribution in [0.15, 0.2) is 24.3 Å². The van der Waals surface area contributed by atoms with Gasteiger partial charge in [0.1, 0.15) is 17.4 Å². The zero-order valence-electron chi connectivity index (χ0n) is 18.0. The highest BCUT2D eigenvalue weighted by Crippen LogP contribution is 2.23. The lowest BCUT2D eigenvalue weighted by Crippen LogP contribution is -2.50. The minimum Gasteiger partial charge on any atom is -0.494 e. The van der Waals surface area contributed by atoms with Gasteiger partial charge in [0.25, 0.3) is 0 Å². The topological polar surface area (TPSA) is 70.6 Å². The molecule has 2 aromatic rings. The van der Waals surface area contributed by atoms with Crippen LogP contribution in [0, 0.1) is 13.8 Å². The Kier molecular flexibility index (Phi) is 6.56. The predicted molar refractivity (Wildman–Crippen MR) is 116 cm³/mol. The lowest BCUT2D eigenvalue weighted by Gasteiger charge is -2.35. The quantitative estimate of drug-likeness (QED) is 0.827. The standard InChI is InChI=1S/C22H31N5O2/c1-6-29-18-7-8-19(16(4)13-18)24-22(28)27-11-9-26(10-12-27)20-14-17(5)23-21(25-20)15(2)3/h7-8,13-15H,6,9-12H2,1-5H3,(H,24,28). The number of piperazine rings is 1. The third kappa shape index (κ3) is 5.16. The van der Waals surface area contributed by atoms with E-state index in [2.05, 4.69) is 29.0 Å². The summed E-state index contributed by atoms with van der Waals surface area (Å²) in [6, 6.07) is 7.67. The summed E-state index contributed by atoms with van der Waals surface area (Å²) in [4.78, 5) is 26.0. The van der Waals surface area contributed by atoms with E-state index in [1.165, 1.54) is 0 Å². The summed E-state index contributed by atoms with van der Waals surface area (Å²) in [6.07, 6.45) is 0. The Bertz CT molecular complexity index is 860. The summed E-state index contributed by atoms with van der Waals surface area (Å²) in [5.74, 6) is 2.92. The molecular formula is C22H31N5O2. The van der Waals surface area contributed by atoms with E-state index >= 15 is 0 Å². The van der Waals surface area contributed by atoms with Crippen LogP contribution in [0.4, 0.5) is 16.3 Å². The van der Waals surface area contributed by atoms with Gasteiger partial charge in [0.15, 0.2) is 0 Å². The molecule has 1 saturated heterocycles. The number of carbonyl (C=O) groups excluding carboxylic acids is 1. The second-order valence-corrected chi connectivity index (χ2v) is 7.69. The maximum absolute atomic E-state index is 12.7. The number of ether oxygens (including phenoxy) is 1. The summed E-state index contributed by atoms with van der Waals surface area (Å²) in [5, 5.41) is 3.02. The van der Waals surface area contributed by atoms with Crippen LogP contribution in [0.25, 0.3) is 0 Å². The molecule has 0 unspecified atom stereocenters. The molecule has 29 heavy (non-hydrogen) atoms. The Hall–Kier alpha value is -2.83. The summed E-state index contributed by atoms with van der Waals surface area (Å²) in [5.41, 5.74) is 2.78. The van der Waals surface area contributed by atoms with Gasteiger partial charge in [-0.05, 0) is 44.5 Å². The second kappa shape index (κ2) is 9.11. The van der Waals surface area contributed by atoms with Crippen LogP contribution >= 0.6 is 0 Å². The highest BCUT2D eigenvalue weighted by atomic mass is 16.5. The zero-order valence-corrected chi connectivity index (χ0v) is 18.0. The van der Waals surface area contributed by atoms with E-state index in [4.69, 9.17) is 9.72 Å². The highest BCUT2D eigenvalue weighted by molar-refractivity contribution is 5.90. The van der Waals surface area contributed by atoms with Crippen LogP contribution in [0.3, 0.4) is 0 Å².